The maximum atomic E-state index is 12.4. The van der Waals surface area contributed by atoms with Crippen LogP contribution in [0.5, 0.6) is 17.2 Å². The number of benzene rings is 2. The van der Waals surface area contributed by atoms with E-state index in [4.69, 9.17) is 18.9 Å². The van der Waals surface area contributed by atoms with Gasteiger partial charge in [-0.25, -0.2) is 4.79 Å². The van der Waals surface area contributed by atoms with Gasteiger partial charge in [0, 0.05) is 11.1 Å². The van der Waals surface area contributed by atoms with Crippen molar-refractivity contribution in [3.63, 3.8) is 0 Å². The third-order valence-electron chi connectivity index (χ3n) is 7.58. The number of cyclic esters (lactones) is 1. The molecule has 180 valence electrons. The molecular weight excluding hydrogens is 436 g/mol. The molecule has 2 aliphatic carbocycles. The molecule has 0 bridgehead atoms. The number of methoxy groups -OCH3 is 2. The van der Waals surface area contributed by atoms with E-state index < -0.39 is 17.5 Å². The normalized spacial score (nSPS) is 19.6. The Morgan fingerprint density at radius 1 is 1.03 bits per heavy atom. The van der Waals surface area contributed by atoms with Gasteiger partial charge in [0.1, 0.15) is 18.1 Å². The van der Waals surface area contributed by atoms with Crippen LogP contribution in [0, 0.1) is 11.3 Å². The molecule has 34 heavy (non-hydrogen) atoms. The van der Waals surface area contributed by atoms with Crippen LogP contribution in [0.25, 0.3) is 11.1 Å². The Kier molecular flexibility index (Phi) is 5.88. The highest BCUT2D eigenvalue weighted by Gasteiger charge is 2.60. The molecule has 1 aliphatic heterocycles. The summed E-state index contributed by atoms with van der Waals surface area (Å²) >= 11 is 0. The summed E-state index contributed by atoms with van der Waals surface area (Å²) in [7, 11) is 3.13. The van der Waals surface area contributed by atoms with Gasteiger partial charge in [0.15, 0.2) is 11.5 Å². The molecule has 2 saturated carbocycles. The van der Waals surface area contributed by atoms with E-state index in [0.717, 1.165) is 42.4 Å². The van der Waals surface area contributed by atoms with Gasteiger partial charge in [0.05, 0.1) is 19.8 Å². The minimum atomic E-state index is -0.869. The fourth-order valence-electron chi connectivity index (χ4n) is 5.52. The van der Waals surface area contributed by atoms with Crippen LogP contribution >= 0.6 is 0 Å². The van der Waals surface area contributed by atoms with Crippen LogP contribution in [-0.2, 0) is 16.1 Å². The van der Waals surface area contributed by atoms with E-state index in [-0.39, 0.29) is 18.5 Å². The number of rotatable bonds is 8. The smallest absolute Gasteiger partial charge is 0.338 e. The quantitative estimate of drug-likeness (QED) is 0.533. The van der Waals surface area contributed by atoms with Crippen molar-refractivity contribution in [3.05, 3.63) is 41.5 Å². The second-order valence-electron chi connectivity index (χ2n) is 9.52. The van der Waals surface area contributed by atoms with Gasteiger partial charge >= 0.3 is 11.9 Å². The molecule has 0 radical (unpaired) electrons. The van der Waals surface area contributed by atoms with Crippen molar-refractivity contribution in [1.29, 1.82) is 0 Å². The molecule has 0 amide bonds. The Labute approximate surface area is 199 Å². The van der Waals surface area contributed by atoms with Crippen LogP contribution in [0.15, 0.2) is 30.3 Å². The highest BCUT2D eigenvalue weighted by Crippen LogP contribution is 2.56. The van der Waals surface area contributed by atoms with Gasteiger partial charge in [-0.1, -0.05) is 25.3 Å². The highest BCUT2D eigenvalue weighted by atomic mass is 16.5. The van der Waals surface area contributed by atoms with Crippen LogP contribution in [-0.4, -0.2) is 37.4 Å². The first-order valence-electron chi connectivity index (χ1n) is 11.9. The number of carbonyl (C=O) groups is 2. The Morgan fingerprint density at radius 2 is 1.76 bits per heavy atom. The predicted molar refractivity (Wildman–Crippen MR) is 124 cm³/mol. The molecule has 3 aliphatic rings. The number of fused-ring (bicyclic) bond motifs is 1. The number of esters is 1. The van der Waals surface area contributed by atoms with Crippen molar-refractivity contribution >= 4 is 11.9 Å². The average Bonchev–Trinajstić information content (AvgIpc) is 3.60. The molecular formula is C27H30O7. The molecule has 1 heterocycles. The topological polar surface area (TPSA) is 91.3 Å². The van der Waals surface area contributed by atoms with Crippen molar-refractivity contribution in [2.24, 2.45) is 11.3 Å². The van der Waals surface area contributed by atoms with Crippen LogP contribution in [0.4, 0.5) is 0 Å². The zero-order chi connectivity index (χ0) is 23.9. The predicted octanol–water partition coefficient (Wildman–Crippen LogP) is 5.23. The lowest BCUT2D eigenvalue weighted by Crippen LogP contribution is -2.41. The molecule has 2 fully saturated rings. The van der Waals surface area contributed by atoms with Crippen molar-refractivity contribution in [2.45, 2.75) is 57.7 Å². The molecule has 7 nitrogen and oxygen atoms in total. The summed E-state index contributed by atoms with van der Waals surface area (Å²) in [5.41, 5.74) is 2.12. The SMILES string of the molecule is COc1ccc(-c2ccc3c(c2)COC3=O)c(OC(C2CCCCC2)C2(C(=O)O)CC2)c1OC. The van der Waals surface area contributed by atoms with Gasteiger partial charge in [-0.3, -0.25) is 4.79 Å². The fraction of sp³-hybridized carbons (Fsp3) is 0.481. The van der Waals surface area contributed by atoms with Gasteiger partial charge in [-0.15, -0.1) is 0 Å². The summed E-state index contributed by atoms with van der Waals surface area (Å²) in [5, 5.41) is 10.1. The van der Waals surface area contributed by atoms with Crippen LogP contribution in [0.3, 0.4) is 0 Å². The highest BCUT2D eigenvalue weighted by molar-refractivity contribution is 5.94. The molecule has 1 unspecified atom stereocenters. The Morgan fingerprint density at radius 3 is 2.41 bits per heavy atom. The summed E-state index contributed by atoms with van der Waals surface area (Å²) in [6.45, 7) is 0.234. The van der Waals surface area contributed by atoms with E-state index in [1.807, 2.05) is 24.3 Å². The molecule has 1 N–H and O–H groups in total. The number of carboxylic acids is 1. The van der Waals surface area contributed by atoms with Crippen molar-refractivity contribution in [3.8, 4) is 28.4 Å². The number of hydrogen-bond donors (Lipinski definition) is 1. The van der Waals surface area contributed by atoms with Gasteiger partial charge < -0.3 is 24.1 Å². The van der Waals surface area contributed by atoms with Crippen molar-refractivity contribution < 1.29 is 33.6 Å². The number of carbonyl (C=O) groups excluding carboxylic acids is 1. The third-order valence-corrected chi connectivity index (χ3v) is 7.58. The Hall–Kier alpha value is -3.22. The van der Waals surface area contributed by atoms with Gasteiger partial charge in [-0.2, -0.15) is 0 Å². The van der Waals surface area contributed by atoms with E-state index in [9.17, 15) is 14.7 Å². The monoisotopic (exact) mass is 466 g/mol. The van der Waals surface area contributed by atoms with E-state index in [1.54, 1.807) is 20.3 Å². The van der Waals surface area contributed by atoms with E-state index in [2.05, 4.69) is 0 Å². The maximum absolute atomic E-state index is 12.4. The van der Waals surface area contributed by atoms with Crippen LogP contribution in [0.1, 0.15) is 60.9 Å². The summed E-state index contributed by atoms with van der Waals surface area (Å²) < 4.78 is 23.2. The molecule has 2 aromatic rings. The lowest BCUT2D eigenvalue weighted by molar-refractivity contribution is -0.149. The molecule has 0 aromatic heterocycles. The summed E-state index contributed by atoms with van der Waals surface area (Å²) in [6.07, 6.45) is 6.03. The number of aliphatic carboxylic acids is 1. The molecule has 0 spiro atoms. The van der Waals surface area contributed by atoms with Gasteiger partial charge in [0.25, 0.3) is 0 Å². The first-order valence-corrected chi connectivity index (χ1v) is 11.9. The summed E-state index contributed by atoms with van der Waals surface area (Å²) in [6, 6.07) is 9.26. The van der Waals surface area contributed by atoms with Crippen LogP contribution in [0.2, 0.25) is 0 Å². The number of hydrogen-bond acceptors (Lipinski definition) is 6. The molecule has 5 rings (SSSR count). The van der Waals surface area contributed by atoms with Gasteiger partial charge in [0.2, 0.25) is 5.75 Å². The molecule has 7 heteroatoms. The second kappa shape index (κ2) is 8.85. The van der Waals surface area contributed by atoms with Crippen LogP contribution < -0.4 is 14.2 Å². The Bertz CT molecular complexity index is 1110. The van der Waals surface area contributed by atoms with Gasteiger partial charge in [-0.05, 0) is 61.4 Å². The zero-order valence-electron chi connectivity index (χ0n) is 19.6. The first-order chi connectivity index (χ1) is 16.5. The lowest BCUT2D eigenvalue weighted by Gasteiger charge is -2.35. The molecule has 1 atom stereocenters. The zero-order valence-corrected chi connectivity index (χ0v) is 19.6. The van der Waals surface area contributed by atoms with E-state index >= 15 is 0 Å². The fourth-order valence-corrected chi connectivity index (χ4v) is 5.52. The second-order valence-corrected chi connectivity index (χ2v) is 9.52. The summed E-state index contributed by atoms with van der Waals surface area (Å²) in [4.78, 5) is 24.3. The minimum absolute atomic E-state index is 0.169. The summed E-state index contributed by atoms with van der Waals surface area (Å²) in [5.74, 6) is 0.495. The minimum Gasteiger partial charge on any atom is -0.493 e. The van der Waals surface area contributed by atoms with E-state index in [1.165, 1.54) is 6.42 Å². The maximum Gasteiger partial charge on any atom is 0.338 e. The molecule has 2 aromatic carbocycles. The third kappa shape index (κ3) is 3.77. The first kappa shape index (κ1) is 22.6. The molecule has 0 saturated heterocycles. The lowest BCUT2D eigenvalue weighted by atomic mass is 9.78. The average molecular weight is 467 g/mol. The Balaban J connectivity index is 1.61. The standard InChI is InChI=1S/C27H30O7/c1-31-21-11-10-19(17-8-9-20-18(14-17)15-33-25(20)28)22(23(21)32-2)34-24(16-6-4-3-5-7-16)27(12-13-27)26(29)30/h8-11,14,16,24H,3-7,12-13,15H2,1-2H3,(H,29,30). The largest absolute Gasteiger partial charge is 0.493 e. The number of carboxylic acid groups (broad SMARTS) is 1. The van der Waals surface area contributed by atoms with Crippen molar-refractivity contribution in [2.75, 3.05) is 14.2 Å². The van der Waals surface area contributed by atoms with Crippen molar-refractivity contribution in [1.82, 2.24) is 0 Å². The number of ether oxygens (including phenoxy) is 4. The van der Waals surface area contributed by atoms with E-state index in [0.29, 0.717) is 35.7 Å².